The van der Waals surface area contributed by atoms with Gasteiger partial charge in [0.15, 0.2) is 0 Å². The molecule has 0 spiro atoms. The Labute approximate surface area is 78.0 Å². The Kier molecular flexibility index (Phi) is 2.53. The summed E-state index contributed by atoms with van der Waals surface area (Å²) < 4.78 is 27.3. The molecule has 0 radical (unpaired) electrons. The van der Waals surface area contributed by atoms with E-state index in [-0.39, 0.29) is 0 Å². The van der Waals surface area contributed by atoms with Crippen molar-refractivity contribution < 1.29 is 8.39 Å². The molecule has 0 N–H and O–H groups in total. The van der Waals surface area contributed by atoms with Gasteiger partial charge in [-0.2, -0.15) is 0 Å². The molecule has 0 heterocycles. The van der Waals surface area contributed by atoms with Crippen LogP contribution in [0.5, 0.6) is 0 Å². The van der Waals surface area contributed by atoms with E-state index in [2.05, 4.69) is 0 Å². The van der Waals surface area contributed by atoms with Crippen LogP contribution in [0.4, 0.5) is 8.39 Å². The van der Waals surface area contributed by atoms with Crippen molar-refractivity contribution in [2.24, 2.45) is 19.5 Å². The summed E-state index contributed by atoms with van der Waals surface area (Å²) in [5.41, 5.74) is 31.5. The van der Waals surface area contributed by atoms with Crippen molar-refractivity contribution in [3.63, 3.8) is 0 Å². The maximum atomic E-state index is 13.7. The fourth-order valence-corrected chi connectivity index (χ4v) is 1.33. The van der Waals surface area contributed by atoms with E-state index in [1.807, 2.05) is 19.5 Å². The number of azide groups is 1. The second kappa shape index (κ2) is 3.03. The summed E-state index contributed by atoms with van der Waals surface area (Å²) in [6, 6.07) is 0. The maximum absolute atomic E-state index is 13.7. The third-order valence-electron chi connectivity index (χ3n) is 0.910. The third kappa shape index (κ3) is 2.26. The summed E-state index contributed by atoms with van der Waals surface area (Å²) in [6.07, 6.45) is 0. The van der Waals surface area contributed by atoms with Crippen LogP contribution in [0.25, 0.3) is 41.8 Å². The molecule has 80 valence electrons. The number of hydrogen-bond donors (Lipinski definition) is 0. The van der Waals surface area contributed by atoms with Crippen LogP contribution >= 0.6 is 7.17 Å². The summed E-state index contributed by atoms with van der Waals surface area (Å²) in [5.74, 6) is 0. The monoisotopic (exact) mass is 237 g/mol. The minimum absolute atomic E-state index is 1.65. The zero-order chi connectivity index (χ0) is 12.1. The van der Waals surface area contributed by atoms with E-state index in [4.69, 9.17) is 22.1 Å². The number of nitrogens with zero attached hydrogens (tertiary/aromatic N) is 12. The first-order chi connectivity index (χ1) is 6.80. The summed E-state index contributed by atoms with van der Waals surface area (Å²) >= 11 is 0. The van der Waals surface area contributed by atoms with Crippen LogP contribution in [0.15, 0.2) is 19.5 Å². The van der Waals surface area contributed by atoms with Crippen LogP contribution in [-0.2, 0) is 0 Å². The van der Waals surface area contributed by atoms with Gasteiger partial charge in [0.05, 0.1) is 0 Å². The Bertz CT molecular complexity index is 392. The Morgan fingerprint density at radius 2 is 0.867 bits per heavy atom. The quantitative estimate of drug-likeness (QED) is 0.281. The second-order valence-corrected chi connectivity index (χ2v) is 5.05. The summed E-state index contributed by atoms with van der Waals surface area (Å²) in [5, 5.41) is 0. The van der Waals surface area contributed by atoms with Gasteiger partial charge >= 0.3 is 76.9 Å². The van der Waals surface area contributed by atoms with Gasteiger partial charge in [-0.1, -0.05) is 0 Å². The molecule has 0 aromatic heterocycles. The zero-order valence-corrected chi connectivity index (χ0v) is 7.46. The molecule has 15 heteroatoms. The van der Waals surface area contributed by atoms with Gasteiger partial charge in [0, 0.05) is 0 Å². The Morgan fingerprint density at radius 3 is 1.00 bits per heavy atom. The van der Waals surface area contributed by atoms with Crippen molar-refractivity contribution in [1.29, 1.82) is 0 Å². The van der Waals surface area contributed by atoms with Crippen molar-refractivity contribution in [2.75, 3.05) is 0 Å². The van der Waals surface area contributed by atoms with Crippen LogP contribution in [0.3, 0.4) is 0 Å². The molecule has 0 aliphatic carbocycles. The molecule has 0 fully saturated rings. The van der Waals surface area contributed by atoms with Gasteiger partial charge in [-0.05, 0) is 0 Å². The fraction of sp³-hybridized carbons (Fsp3) is 0. The average Bonchev–Trinajstić information content (AvgIpc) is 2.04. The summed E-state index contributed by atoms with van der Waals surface area (Å²) in [6.45, 7) is 0. The van der Waals surface area contributed by atoms with E-state index in [1.165, 1.54) is 0 Å². The molecular weight excluding hydrogens is 237 g/mol. The molecule has 0 aromatic rings. The van der Waals surface area contributed by atoms with E-state index in [1.54, 1.807) is 19.6 Å². The van der Waals surface area contributed by atoms with E-state index in [0.717, 1.165) is 0 Å². The molecule has 0 unspecified atom stereocenters. The molecule has 15 heavy (non-hydrogen) atoms. The molecule has 0 atom stereocenters. The first-order valence-electron chi connectivity index (χ1n) is 2.74. The van der Waals surface area contributed by atoms with E-state index in [0.29, 0.717) is 0 Å². The first-order valence-corrected chi connectivity index (χ1v) is 5.01. The van der Waals surface area contributed by atoms with Crippen LogP contribution in [0, 0.1) is 0 Å². The second-order valence-electron chi connectivity index (χ2n) is 1.92. The molecule has 0 aromatic carbocycles. The van der Waals surface area contributed by atoms with Gasteiger partial charge in [0.25, 0.3) is 0 Å². The first kappa shape index (κ1) is 12.5. The fourth-order valence-electron chi connectivity index (χ4n) is 0.443. The third-order valence-corrected chi connectivity index (χ3v) is 2.73. The van der Waals surface area contributed by atoms with Crippen molar-refractivity contribution in [1.82, 2.24) is 0 Å². The standard InChI is InChI=1S/F2N12P/c1-15(2,11-7-3,12-8-4,13-9-5)14-10-6/q-1. The normalized spacial score (nSPS) is 13.7. The molecule has 12 nitrogen and oxygen atoms in total. The van der Waals surface area contributed by atoms with Gasteiger partial charge in [0.2, 0.25) is 0 Å². The Morgan fingerprint density at radius 1 is 0.667 bits per heavy atom. The predicted octanol–water partition coefficient (Wildman–Crippen LogP) is 4.75. The van der Waals surface area contributed by atoms with E-state index in [9.17, 15) is 8.39 Å². The minimum atomic E-state index is -8.12. The van der Waals surface area contributed by atoms with Crippen LogP contribution in [0.1, 0.15) is 0 Å². The molecule has 0 amide bonds. The van der Waals surface area contributed by atoms with Gasteiger partial charge in [0.1, 0.15) is 0 Å². The van der Waals surface area contributed by atoms with Crippen LogP contribution < -0.4 is 0 Å². The molecule has 0 bridgehead atoms. The molecule has 0 aliphatic rings. The number of halogens is 2. The number of hydrogen-bond acceptors (Lipinski definition) is 4. The zero-order valence-electron chi connectivity index (χ0n) is 6.57. The van der Waals surface area contributed by atoms with Crippen molar-refractivity contribution in [3.8, 4) is 0 Å². The van der Waals surface area contributed by atoms with Gasteiger partial charge in [-0.3, -0.25) is 0 Å². The Balaban J connectivity index is 6.67. The summed E-state index contributed by atoms with van der Waals surface area (Å²) in [7, 11) is -8.12. The summed E-state index contributed by atoms with van der Waals surface area (Å²) in [4.78, 5) is 13.8. The predicted molar refractivity (Wildman–Crippen MR) is 45.7 cm³/mol. The van der Waals surface area contributed by atoms with Gasteiger partial charge < -0.3 is 0 Å². The van der Waals surface area contributed by atoms with E-state index < -0.39 is 7.17 Å². The number of rotatable bonds is 4. The topological polar surface area (TPSA) is 195 Å². The van der Waals surface area contributed by atoms with Crippen LogP contribution in [-0.4, -0.2) is 0 Å². The van der Waals surface area contributed by atoms with Gasteiger partial charge in [-0.25, -0.2) is 0 Å². The molecule has 0 saturated heterocycles. The van der Waals surface area contributed by atoms with Crippen molar-refractivity contribution in [3.05, 3.63) is 41.8 Å². The van der Waals surface area contributed by atoms with Crippen molar-refractivity contribution in [2.45, 2.75) is 0 Å². The van der Waals surface area contributed by atoms with Crippen molar-refractivity contribution >= 4 is 7.17 Å². The average molecular weight is 237 g/mol. The SMILES string of the molecule is [N-]=[N+]=N[P-](F)(F)(N=[N+]=[N-])(N=[N+]=[N-])N=[N+]=[N-]. The molecule has 0 aliphatic heterocycles. The molecular formula is F2N12P-. The molecule has 0 saturated carbocycles. The Hall–Kier alpha value is -2.47. The van der Waals surface area contributed by atoms with E-state index >= 15 is 0 Å². The van der Waals surface area contributed by atoms with Gasteiger partial charge in [-0.15, -0.1) is 0 Å². The van der Waals surface area contributed by atoms with Crippen LogP contribution in [0.2, 0.25) is 0 Å². The molecule has 0 rings (SSSR count).